The Morgan fingerprint density at radius 1 is 1.10 bits per heavy atom. The zero-order chi connectivity index (χ0) is 29.2. The Bertz CT molecular complexity index is 1480. The Kier molecular flexibility index (Phi) is 8.66. The van der Waals surface area contributed by atoms with Crippen LogP contribution in [-0.4, -0.2) is 52.0 Å². The van der Waals surface area contributed by atoms with Crippen LogP contribution < -0.4 is 10.5 Å². The average Bonchev–Trinajstić information content (AvgIpc) is 3.44. The van der Waals surface area contributed by atoms with Crippen LogP contribution in [0, 0.1) is 11.3 Å². The summed E-state index contributed by atoms with van der Waals surface area (Å²) in [5, 5.41) is 22.7. The third kappa shape index (κ3) is 7.27. The summed E-state index contributed by atoms with van der Waals surface area (Å²) in [6, 6.07) is 9.85. The molecule has 0 aromatic heterocycles. The molecule has 4 N–H and O–H groups in total. The van der Waals surface area contributed by atoms with E-state index >= 15 is 0 Å². The van der Waals surface area contributed by atoms with E-state index in [-0.39, 0.29) is 35.0 Å². The minimum Gasteiger partial charge on any atom is -0.465 e. The van der Waals surface area contributed by atoms with Gasteiger partial charge in [-0.1, -0.05) is 18.2 Å². The maximum absolute atomic E-state index is 13.7. The van der Waals surface area contributed by atoms with Crippen molar-refractivity contribution in [1.29, 1.82) is 5.26 Å². The van der Waals surface area contributed by atoms with Crippen LogP contribution in [0.3, 0.4) is 0 Å². The zero-order valence-corrected chi connectivity index (χ0v) is 22.2. The second kappa shape index (κ2) is 11.1. The van der Waals surface area contributed by atoms with Gasteiger partial charge in [0.05, 0.1) is 32.8 Å². The fourth-order valence-corrected chi connectivity index (χ4v) is 6.71. The molecule has 0 spiro atoms. The molecule has 15 heteroatoms. The molecule has 2 aliphatic rings. The van der Waals surface area contributed by atoms with E-state index in [2.05, 4.69) is 5.32 Å². The highest BCUT2D eigenvalue weighted by Gasteiger charge is 2.45. The first-order valence-electron chi connectivity index (χ1n) is 11.6. The highest BCUT2D eigenvalue weighted by Crippen LogP contribution is 2.40. The van der Waals surface area contributed by atoms with Gasteiger partial charge in [0.2, 0.25) is 10.0 Å². The molecular formula is C24H26F3N3O7S2. The molecule has 2 atom stereocenters. The van der Waals surface area contributed by atoms with E-state index in [9.17, 15) is 34.8 Å². The Morgan fingerprint density at radius 2 is 1.69 bits per heavy atom. The number of nitrogens with one attached hydrogen (secondary N) is 1. The third-order valence-electron chi connectivity index (χ3n) is 6.53. The molecule has 0 aliphatic heterocycles. The van der Waals surface area contributed by atoms with Crippen LogP contribution in [0.1, 0.15) is 37.7 Å². The van der Waals surface area contributed by atoms with E-state index in [1.807, 2.05) is 6.07 Å². The van der Waals surface area contributed by atoms with Crippen LogP contribution in [0.15, 0.2) is 52.3 Å². The number of hydrogen-bond acceptors (Lipinski definition) is 7. The van der Waals surface area contributed by atoms with Crippen molar-refractivity contribution in [3.8, 4) is 17.2 Å². The van der Waals surface area contributed by atoms with E-state index in [1.54, 1.807) is 0 Å². The lowest BCUT2D eigenvalue weighted by atomic mass is 10.0. The lowest BCUT2D eigenvalue weighted by molar-refractivity contribution is -0.139. The van der Waals surface area contributed by atoms with Gasteiger partial charge < -0.3 is 15.2 Å². The first-order valence-corrected chi connectivity index (χ1v) is 14.7. The fourth-order valence-electron chi connectivity index (χ4n) is 4.19. The molecule has 0 heterocycles. The van der Waals surface area contributed by atoms with Crippen LogP contribution in [0.2, 0.25) is 0 Å². The molecule has 2 aliphatic carbocycles. The number of sulfonamides is 1. The predicted molar refractivity (Wildman–Crippen MR) is 133 cm³/mol. The van der Waals surface area contributed by atoms with Gasteiger partial charge in [-0.3, -0.25) is 0 Å². The Labute approximate surface area is 223 Å². The summed E-state index contributed by atoms with van der Waals surface area (Å²) >= 11 is 0. The molecule has 39 heavy (non-hydrogen) atoms. The van der Waals surface area contributed by atoms with Crippen LogP contribution in [0.25, 0.3) is 11.1 Å². The number of rotatable bonds is 6. The van der Waals surface area contributed by atoms with Crippen LogP contribution in [0.4, 0.5) is 18.0 Å². The number of carbonyl (C=O) groups is 1. The van der Waals surface area contributed by atoms with Gasteiger partial charge in [-0.2, -0.15) is 18.4 Å². The number of alkyl halides is 3. The van der Waals surface area contributed by atoms with E-state index < -0.39 is 53.4 Å². The molecule has 4 rings (SSSR count). The first kappa shape index (κ1) is 30.4. The SMILES string of the molecule is CO[C@H]1CC[C@H](S(=O)(=O)c2ccc(-c3ccc(S(N)(=O)=O)cc3)cc2C(F)(F)F)C1.N#CC1(NC(=O)O)CC1. The van der Waals surface area contributed by atoms with Gasteiger partial charge in [0, 0.05) is 7.11 Å². The van der Waals surface area contributed by atoms with Crippen molar-refractivity contribution in [2.45, 2.75) is 65.0 Å². The van der Waals surface area contributed by atoms with Gasteiger partial charge in [0.1, 0.15) is 5.54 Å². The summed E-state index contributed by atoms with van der Waals surface area (Å²) in [7, 11) is -6.72. The van der Waals surface area contributed by atoms with Crippen molar-refractivity contribution >= 4 is 26.0 Å². The third-order valence-corrected chi connectivity index (χ3v) is 9.73. The summed E-state index contributed by atoms with van der Waals surface area (Å²) < 4.78 is 94.9. The fraction of sp³-hybridized carbons (Fsp3) is 0.417. The minimum absolute atomic E-state index is 0.100. The van der Waals surface area contributed by atoms with Gasteiger partial charge in [0.25, 0.3) is 0 Å². The van der Waals surface area contributed by atoms with E-state index in [0.717, 1.165) is 12.1 Å². The minimum atomic E-state index is -4.89. The van der Waals surface area contributed by atoms with Crippen LogP contribution in [-0.2, 0) is 30.8 Å². The molecule has 2 aromatic carbocycles. The van der Waals surface area contributed by atoms with Crippen LogP contribution in [0.5, 0.6) is 0 Å². The highest BCUT2D eigenvalue weighted by atomic mass is 32.2. The quantitative estimate of drug-likeness (QED) is 0.457. The monoisotopic (exact) mass is 589 g/mol. The number of halogens is 3. The molecule has 0 radical (unpaired) electrons. The molecular weight excluding hydrogens is 563 g/mol. The van der Waals surface area contributed by atoms with Crippen molar-refractivity contribution in [2.75, 3.05) is 7.11 Å². The van der Waals surface area contributed by atoms with Gasteiger partial charge in [0.15, 0.2) is 9.84 Å². The maximum Gasteiger partial charge on any atom is 0.417 e. The molecule has 1 amide bonds. The van der Waals surface area contributed by atoms with Crippen molar-refractivity contribution in [3.63, 3.8) is 0 Å². The number of hydrogen-bond donors (Lipinski definition) is 3. The topological polar surface area (TPSA) is 177 Å². The number of sulfone groups is 1. The number of carboxylic acid groups (broad SMARTS) is 1. The number of primary sulfonamides is 1. The lowest BCUT2D eigenvalue weighted by Gasteiger charge is -2.18. The van der Waals surface area contributed by atoms with Crippen molar-refractivity contribution < 1.29 is 44.6 Å². The number of ether oxygens (including phenoxy) is 1. The Balaban J connectivity index is 0.000000395. The van der Waals surface area contributed by atoms with Crippen molar-refractivity contribution in [3.05, 3.63) is 48.0 Å². The first-order chi connectivity index (χ1) is 18.0. The Morgan fingerprint density at radius 3 is 2.10 bits per heavy atom. The van der Waals surface area contributed by atoms with Crippen molar-refractivity contribution in [2.24, 2.45) is 5.14 Å². The number of amides is 1. The zero-order valence-electron chi connectivity index (χ0n) is 20.6. The highest BCUT2D eigenvalue weighted by molar-refractivity contribution is 7.92. The van der Waals surface area contributed by atoms with Gasteiger partial charge >= 0.3 is 12.3 Å². The molecule has 0 saturated heterocycles. The summed E-state index contributed by atoms with van der Waals surface area (Å²) in [6.07, 6.45) is -4.16. The normalized spacial score (nSPS) is 20.3. The molecule has 10 nitrogen and oxygen atoms in total. The van der Waals surface area contributed by atoms with Gasteiger partial charge in [-0.25, -0.2) is 26.8 Å². The second-order valence-corrected chi connectivity index (χ2v) is 13.0. The molecule has 212 valence electrons. The lowest BCUT2D eigenvalue weighted by Crippen LogP contribution is -2.33. The molecule has 0 unspecified atom stereocenters. The molecule has 2 fully saturated rings. The Hall–Kier alpha value is -3.19. The van der Waals surface area contributed by atoms with E-state index in [4.69, 9.17) is 20.2 Å². The number of benzene rings is 2. The average molecular weight is 590 g/mol. The second-order valence-electron chi connectivity index (χ2n) is 9.24. The summed E-state index contributed by atoms with van der Waals surface area (Å²) in [5.41, 5.74) is -1.59. The largest absolute Gasteiger partial charge is 0.465 e. The van der Waals surface area contributed by atoms with Crippen molar-refractivity contribution in [1.82, 2.24) is 5.32 Å². The summed E-state index contributed by atoms with van der Waals surface area (Å²) in [4.78, 5) is 9.00. The number of nitrogens with zero attached hydrogens (tertiary/aromatic N) is 1. The predicted octanol–water partition coefficient (Wildman–Crippen LogP) is 3.67. The molecule has 2 saturated carbocycles. The van der Waals surface area contributed by atoms with Crippen LogP contribution >= 0.6 is 0 Å². The summed E-state index contributed by atoms with van der Waals surface area (Å²) in [5.74, 6) is 0. The van der Waals surface area contributed by atoms with E-state index in [1.165, 1.54) is 37.4 Å². The van der Waals surface area contributed by atoms with Gasteiger partial charge in [-0.15, -0.1) is 0 Å². The molecule has 0 bridgehead atoms. The van der Waals surface area contributed by atoms with Gasteiger partial charge in [-0.05, 0) is 67.5 Å². The number of nitriles is 1. The molecule has 2 aromatic rings. The standard InChI is InChI=1S/C19H20F3NO5S2.C5H6N2O2/c1-28-14-5-8-16(11-14)29(24,25)18-9-4-13(10-17(18)19(20,21)22)12-2-6-15(7-3-12)30(23,26)27;6-3-5(1-2-5)7-4(8)9/h2-4,6-7,9-10,14,16H,5,8,11H2,1H3,(H2,23,26,27);7H,1-2H2,(H,8,9)/t14-,16-;/m0./s1. The number of nitrogens with two attached hydrogens (primary N) is 1. The number of methoxy groups -OCH3 is 1. The maximum atomic E-state index is 13.7. The summed E-state index contributed by atoms with van der Waals surface area (Å²) in [6.45, 7) is 0. The van der Waals surface area contributed by atoms with E-state index in [0.29, 0.717) is 19.3 Å². The smallest absolute Gasteiger partial charge is 0.417 e.